The minimum atomic E-state index is -0.585. The van der Waals surface area contributed by atoms with Crippen LogP contribution in [-0.4, -0.2) is 38.7 Å². The van der Waals surface area contributed by atoms with Crippen LogP contribution < -0.4 is 14.8 Å². The van der Waals surface area contributed by atoms with Crippen LogP contribution in [0.15, 0.2) is 42.5 Å². The number of rotatable bonds is 9. The number of ether oxygens (including phenoxy) is 3. The summed E-state index contributed by atoms with van der Waals surface area (Å²) < 4.78 is 15.4. The van der Waals surface area contributed by atoms with E-state index >= 15 is 0 Å². The number of amides is 1. The monoisotopic (exact) mass is 371 g/mol. The van der Waals surface area contributed by atoms with E-state index in [1.54, 1.807) is 13.2 Å². The number of nitrogens with one attached hydrogen (secondary N) is 1. The molecule has 1 N–H and O–H groups in total. The van der Waals surface area contributed by atoms with E-state index in [0.29, 0.717) is 18.7 Å². The zero-order valence-electron chi connectivity index (χ0n) is 15.9. The first-order valence-corrected chi connectivity index (χ1v) is 8.73. The largest absolute Gasteiger partial charge is 0.497 e. The Labute approximate surface area is 159 Å². The van der Waals surface area contributed by atoms with Crippen molar-refractivity contribution in [1.29, 1.82) is 0 Å². The van der Waals surface area contributed by atoms with E-state index in [-0.39, 0.29) is 19.1 Å². The van der Waals surface area contributed by atoms with E-state index < -0.39 is 5.97 Å². The zero-order valence-corrected chi connectivity index (χ0v) is 15.9. The number of hydrogen-bond donors (Lipinski definition) is 1. The second-order valence-electron chi connectivity index (χ2n) is 6.14. The fraction of sp³-hybridized carbons (Fsp3) is 0.333. The standard InChI is InChI=1S/C21H25NO5/c1-15-4-7-19(12-16(15)2)26-14-21(24)27-13-20(23)22-11-10-17-5-8-18(25-3)9-6-17/h4-9,12H,10-11,13-14H2,1-3H3,(H,22,23). The van der Waals surface area contributed by atoms with Gasteiger partial charge in [0.1, 0.15) is 11.5 Å². The molecular formula is C21H25NO5. The third kappa shape index (κ3) is 7.01. The van der Waals surface area contributed by atoms with Gasteiger partial charge in [-0.25, -0.2) is 4.79 Å². The molecular weight excluding hydrogens is 346 g/mol. The van der Waals surface area contributed by atoms with Crippen molar-refractivity contribution in [3.8, 4) is 11.5 Å². The number of esters is 1. The lowest BCUT2D eigenvalue weighted by molar-refractivity contribution is -0.150. The van der Waals surface area contributed by atoms with Crippen LogP contribution in [0.3, 0.4) is 0 Å². The van der Waals surface area contributed by atoms with Crippen molar-refractivity contribution in [3.05, 3.63) is 59.2 Å². The molecule has 1 amide bonds. The fourth-order valence-corrected chi connectivity index (χ4v) is 2.32. The molecule has 6 nitrogen and oxygen atoms in total. The van der Waals surface area contributed by atoms with Gasteiger partial charge < -0.3 is 19.5 Å². The summed E-state index contributed by atoms with van der Waals surface area (Å²) >= 11 is 0. The molecule has 0 radical (unpaired) electrons. The lowest BCUT2D eigenvalue weighted by atomic mass is 10.1. The maximum Gasteiger partial charge on any atom is 0.344 e. The van der Waals surface area contributed by atoms with Crippen molar-refractivity contribution in [3.63, 3.8) is 0 Å². The molecule has 0 bridgehead atoms. The summed E-state index contributed by atoms with van der Waals surface area (Å²) in [6.45, 7) is 3.87. The number of aryl methyl sites for hydroxylation is 2. The van der Waals surface area contributed by atoms with E-state index in [1.165, 1.54) is 0 Å². The average Bonchev–Trinajstić information content (AvgIpc) is 2.68. The molecule has 0 unspecified atom stereocenters. The van der Waals surface area contributed by atoms with E-state index in [0.717, 1.165) is 22.4 Å². The molecule has 0 saturated heterocycles. The van der Waals surface area contributed by atoms with Gasteiger partial charge in [0.15, 0.2) is 13.2 Å². The van der Waals surface area contributed by atoms with Gasteiger partial charge in [0.05, 0.1) is 7.11 Å². The Kier molecular flexibility index (Phi) is 7.67. The topological polar surface area (TPSA) is 73.9 Å². The molecule has 2 aromatic carbocycles. The van der Waals surface area contributed by atoms with Crippen molar-refractivity contribution in [2.24, 2.45) is 0 Å². The van der Waals surface area contributed by atoms with Crippen molar-refractivity contribution < 1.29 is 23.8 Å². The first-order valence-electron chi connectivity index (χ1n) is 8.73. The van der Waals surface area contributed by atoms with E-state index in [4.69, 9.17) is 14.2 Å². The molecule has 0 aliphatic carbocycles. The van der Waals surface area contributed by atoms with Crippen LogP contribution in [-0.2, 0) is 20.7 Å². The molecule has 27 heavy (non-hydrogen) atoms. The highest BCUT2D eigenvalue weighted by molar-refractivity contribution is 5.80. The molecule has 0 heterocycles. The Balaban J connectivity index is 1.62. The van der Waals surface area contributed by atoms with Crippen LogP contribution in [0.2, 0.25) is 0 Å². The highest BCUT2D eigenvalue weighted by Crippen LogP contribution is 2.16. The lowest BCUT2D eigenvalue weighted by Crippen LogP contribution is -2.31. The summed E-state index contributed by atoms with van der Waals surface area (Å²) in [7, 11) is 1.61. The summed E-state index contributed by atoms with van der Waals surface area (Å²) in [5, 5.41) is 2.71. The van der Waals surface area contributed by atoms with Gasteiger partial charge in [-0.15, -0.1) is 0 Å². The molecule has 0 atom stereocenters. The quantitative estimate of drug-likeness (QED) is 0.686. The van der Waals surface area contributed by atoms with Crippen LogP contribution in [0.5, 0.6) is 11.5 Å². The minimum Gasteiger partial charge on any atom is -0.497 e. The van der Waals surface area contributed by atoms with Crippen LogP contribution in [0.4, 0.5) is 0 Å². The first-order chi connectivity index (χ1) is 13.0. The van der Waals surface area contributed by atoms with Crippen molar-refractivity contribution in [1.82, 2.24) is 5.32 Å². The second kappa shape index (κ2) is 10.2. The molecule has 0 aliphatic heterocycles. The minimum absolute atomic E-state index is 0.234. The van der Waals surface area contributed by atoms with Gasteiger partial charge in [-0.2, -0.15) is 0 Å². The predicted molar refractivity (Wildman–Crippen MR) is 102 cm³/mol. The summed E-state index contributed by atoms with van der Waals surface area (Å²) in [5.74, 6) is 0.457. The van der Waals surface area contributed by atoms with Crippen molar-refractivity contribution >= 4 is 11.9 Å². The maximum atomic E-state index is 11.7. The van der Waals surface area contributed by atoms with Crippen LogP contribution in [0, 0.1) is 13.8 Å². The van der Waals surface area contributed by atoms with Crippen molar-refractivity contribution in [2.75, 3.05) is 26.9 Å². The van der Waals surface area contributed by atoms with Crippen LogP contribution in [0.25, 0.3) is 0 Å². The Bertz CT molecular complexity index is 771. The lowest BCUT2D eigenvalue weighted by Gasteiger charge is -2.09. The summed E-state index contributed by atoms with van der Waals surface area (Å²) in [4.78, 5) is 23.4. The molecule has 0 spiro atoms. The van der Waals surface area contributed by atoms with Gasteiger partial charge in [0, 0.05) is 6.54 Å². The molecule has 2 rings (SSSR count). The molecule has 0 fully saturated rings. The number of methoxy groups -OCH3 is 1. The summed E-state index contributed by atoms with van der Waals surface area (Å²) in [5.41, 5.74) is 3.31. The van der Waals surface area contributed by atoms with Gasteiger partial charge in [-0.3, -0.25) is 4.79 Å². The molecule has 2 aromatic rings. The summed E-state index contributed by atoms with van der Waals surface area (Å²) in [6, 6.07) is 13.2. The third-order valence-corrected chi connectivity index (χ3v) is 4.09. The maximum absolute atomic E-state index is 11.7. The zero-order chi connectivity index (χ0) is 19.6. The van der Waals surface area contributed by atoms with Gasteiger partial charge in [0.2, 0.25) is 0 Å². The summed E-state index contributed by atoms with van der Waals surface area (Å²) in [6.07, 6.45) is 0.680. The molecule has 144 valence electrons. The molecule has 0 saturated carbocycles. The Morgan fingerprint density at radius 1 is 0.926 bits per heavy atom. The number of benzene rings is 2. The van der Waals surface area contributed by atoms with Gasteiger partial charge in [-0.05, 0) is 61.2 Å². The normalized spacial score (nSPS) is 10.2. The van der Waals surface area contributed by atoms with E-state index in [2.05, 4.69) is 5.32 Å². The molecule has 0 aliphatic rings. The third-order valence-electron chi connectivity index (χ3n) is 4.09. The Hall–Kier alpha value is -3.02. The fourth-order valence-electron chi connectivity index (χ4n) is 2.32. The molecule has 6 heteroatoms. The number of hydrogen-bond acceptors (Lipinski definition) is 5. The SMILES string of the molecule is COc1ccc(CCNC(=O)COC(=O)COc2ccc(C)c(C)c2)cc1. The Morgan fingerprint density at radius 3 is 2.30 bits per heavy atom. The van der Waals surface area contributed by atoms with Crippen LogP contribution in [0.1, 0.15) is 16.7 Å². The van der Waals surface area contributed by atoms with Gasteiger partial charge >= 0.3 is 5.97 Å². The average molecular weight is 371 g/mol. The first kappa shape index (κ1) is 20.3. The highest BCUT2D eigenvalue weighted by atomic mass is 16.6. The van der Waals surface area contributed by atoms with Gasteiger partial charge in [-0.1, -0.05) is 18.2 Å². The number of carbonyl (C=O) groups excluding carboxylic acids is 2. The Morgan fingerprint density at radius 2 is 1.63 bits per heavy atom. The van der Waals surface area contributed by atoms with E-state index in [9.17, 15) is 9.59 Å². The highest BCUT2D eigenvalue weighted by Gasteiger charge is 2.09. The van der Waals surface area contributed by atoms with Gasteiger partial charge in [0.25, 0.3) is 5.91 Å². The number of carbonyl (C=O) groups is 2. The van der Waals surface area contributed by atoms with E-state index in [1.807, 2.05) is 50.2 Å². The smallest absolute Gasteiger partial charge is 0.344 e. The second-order valence-corrected chi connectivity index (χ2v) is 6.14. The predicted octanol–water partition coefficient (Wildman–Crippen LogP) is 2.59. The molecule has 0 aromatic heterocycles. The van der Waals surface area contributed by atoms with Crippen molar-refractivity contribution in [2.45, 2.75) is 20.3 Å². The van der Waals surface area contributed by atoms with Crippen LogP contribution >= 0.6 is 0 Å².